The summed E-state index contributed by atoms with van der Waals surface area (Å²) in [5.74, 6) is 2.21. The van der Waals surface area contributed by atoms with E-state index in [1.54, 1.807) is 0 Å². The van der Waals surface area contributed by atoms with Gasteiger partial charge in [0.05, 0.1) is 6.10 Å². The normalized spacial score (nSPS) is 54.1. The second-order valence-corrected chi connectivity index (χ2v) is 7.52. The summed E-state index contributed by atoms with van der Waals surface area (Å²) in [6.45, 7) is 11.4. The van der Waals surface area contributed by atoms with Crippen molar-refractivity contribution in [2.45, 2.75) is 52.6 Å². The van der Waals surface area contributed by atoms with Gasteiger partial charge in [-0.15, -0.1) is 0 Å². The van der Waals surface area contributed by atoms with Crippen LogP contribution in [-0.4, -0.2) is 11.2 Å². The van der Waals surface area contributed by atoms with Crippen molar-refractivity contribution in [1.82, 2.24) is 0 Å². The van der Waals surface area contributed by atoms with E-state index in [0.717, 1.165) is 17.9 Å². The quantitative estimate of drug-likeness (QED) is 0.620. The van der Waals surface area contributed by atoms with Crippen LogP contribution in [0.15, 0.2) is 12.2 Å². The highest BCUT2D eigenvalue weighted by molar-refractivity contribution is 5.23. The van der Waals surface area contributed by atoms with Gasteiger partial charge in [-0.05, 0) is 59.8 Å². The molecule has 3 aliphatic rings. The molecule has 90 valence electrons. The summed E-state index contributed by atoms with van der Waals surface area (Å²) in [4.78, 5) is 0. The van der Waals surface area contributed by atoms with Crippen LogP contribution < -0.4 is 0 Å². The molecule has 0 heterocycles. The highest BCUT2D eigenvalue weighted by Gasteiger charge is 2.62. The summed E-state index contributed by atoms with van der Waals surface area (Å²) in [7, 11) is 0. The molecule has 3 saturated carbocycles. The lowest BCUT2D eigenvalue weighted by Crippen LogP contribution is -2.21. The maximum Gasteiger partial charge on any atom is 0.0753 e. The molecule has 5 atom stereocenters. The lowest BCUT2D eigenvalue weighted by molar-refractivity contribution is 0.185. The molecule has 0 aromatic heterocycles. The van der Waals surface area contributed by atoms with Gasteiger partial charge < -0.3 is 5.11 Å². The van der Waals surface area contributed by atoms with Gasteiger partial charge in [-0.2, -0.15) is 0 Å². The molecule has 0 aliphatic heterocycles. The van der Waals surface area contributed by atoms with Gasteiger partial charge in [0.1, 0.15) is 0 Å². The molecule has 0 saturated heterocycles. The molecule has 0 bridgehead atoms. The smallest absolute Gasteiger partial charge is 0.0753 e. The van der Waals surface area contributed by atoms with Crippen LogP contribution in [0.3, 0.4) is 0 Å². The molecule has 0 aromatic carbocycles. The van der Waals surface area contributed by atoms with Crippen molar-refractivity contribution in [2.75, 3.05) is 0 Å². The van der Waals surface area contributed by atoms with E-state index < -0.39 is 0 Å². The Kier molecular flexibility index (Phi) is 1.98. The first kappa shape index (κ1) is 10.8. The van der Waals surface area contributed by atoms with Crippen molar-refractivity contribution in [2.24, 2.45) is 28.6 Å². The first-order valence-corrected chi connectivity index (χ1v) is 6.70. The zero-order chi connectivity index (χ0) is 11.7. The summed E-state index contributed by atoms with van der Waals surface area (Å²) in [5, 5.41) is 10.0. The molecule has 3 aliphatic carbocycles. The highest BCUT2D eigenvalue weighted by atomic mass is 16.3. The topological polar surface area (TPSA) is 20.2 Å². The number of hydrogen-bond acceptors (Lipinski definition) is 1. The van der Waals surface area contributed by atoms with E-state index >= 15 is 0 Å². The van der Waals surface area contributed by atoms with Gasteiger partial charge in [0.2, 0.25) is 0 Å². The van der Waals surface area contributed by atoms with Crippen LogP contribution in [0, 0.1) is 28.6 Å². The predicted molar refractivity (Wildman–Crippen MR) is 66.0 cm³/mol. The van der Waals surface area contributed by atoms with Crippen molar-refractivity contribution in [3.63, 3.8) is 0 Å². The van der Waals surface area contributed by atoms with Gasteiger partial charge in [-0.3, -0.25) is 0 Å². The fourth-order valence-corrected chi connectivity index (χ4v) is 4.64. The van der Waals surface area contributed by atoms with Crippen molar-refractivity contribution in [3.8, 4) is 0 Å². The van der Waals surface area contributed by atoms with Gasteiger partial charge in [0, 0.05) is 0 Å². The third kappa shape index (κ3) is 1.33. The molecule has 0 amide bonds. The lowest BCUT2D eigenvalue weighted by atomic mass is 9.75. The Morgan fingerprint density at radius 1 is 1.19 bits per heavy atom. The summed E-state index contributed by atoms with van der Waals surface area (Å²) < 4.78 is 0. The summed E-state index contributed by atoms with van der Waals surface area (Å²) in [6.07, 6.45) is 4.76. The third-order valence-corrected chi connectivity index (χ3v) is 5.74. The van der Waals surface area contributed by atoms with Gasteiger partial charge >= 0.3 is 0 Å². The van der Waals surface area contributed by atoms with Crippen LogP contribution >= 0.6 is 0 Å². The molecule has 0 spiro atoms. The first-order chi connectivity index (χ1) is 7.33. The number of rotatable bonds is 0. The molecular formula is C15H24O. The first-order valence-electron chi connectivity index (χ1n) is 6.70. The Hall–Kier alpha value is -0.300. The van der Waals surface area contributed by atoms with Crippen LogP contribution in [0.2, 0.25) is 0 Å². The van der Waals surface area contributed by atoms with E-state index in [0.29, 0.717) is 22.7 Å². The average Bonchev–Trinajstić information content (AvgIpc) is 2.72. The molecule has 0 unspecified atom stereocenters. The molecule has 3 rings (SSSR count). The van der Waals surface area contributed by atoms with Gasteiger partial charge in [0.25, 0.3) is 0 Å². The Morgan fingerprint density at radius 2 is 1.88 bits per heavy atom. The average molecular weight is 220 g/mol. The number of fused-ring (bicyclic) bond motifs is 3. The van der Waals surface area contributed by atoms with E-state index in [2.05, 4.69) is 27.4 Å². The number of aliphatic hydroxyl groups is 1. The minimum Gasteiger partial charge on any atom is -0.389 e. The maximum atomic E-state index is 10.0. The van der Waals surface area contributed by atoms with Gasteiger partial charge in [-0.1, -0.05) is 27.4 Å². The SMILES string of the molecule is C=C1[C@H]2CC(C)(C)C[C@@H]3C[C@@]3(C)[C@@H]2C[C@@H]1O. The molecule has 0 aromatic rings. The number of hydrogen-bond donors (Lipinski definition) is 1. The standard InChI is InChI=1S/C15H24O/c1-9-11-8-14(2,3)6-10-7-15(10,4)12(11)5-13(9)16/h10-13,16H,1,5-8H2,2-4H3/t10-,11-,12-,13+,15-/m1/s1. The molecule has 3 fully saturated rings. The zero-order valence-corrected chi connectivity index (χ0v) is 10.8. The second kappa shape index (κ2) is 2.93. The van der Waals surface area contributed by atoms with Crippen LogP contribution in [0.4, 0.5) is 0 Å². The Bertz CT molecular complexity index is 343. The minimum atomic E-state index is -0.220. The minimum absolute atomic E-state index is 0.220. The van der Waals surface area contributed by atoms with E-state index in [1.165, 1.54) is 19.3 Å². The van der Waals surface area contributed by atoms with Crippen LogP contribution in [0.25, 0.3) is 0 Å². The van der Waals surface area contributed by atoms with Gasteiger partial charge in [0.15, 0.2) is 0 Å². The maximum absolute atomic E-state index is 10.0. The van der Waals surface area contributed by atoms with Crippen LogP contribution in [-0.2, 0) is 0 Å². The molecule has 1 nitrogen and oxygen atoms in total. The van der Waals surface area contributed by atoms with Crippen molar-refractivity contribution in [1.29, 1.82) is 0 Å². The molecular weight excluding hydrogens is 196 g/mol. The van der Waals surface area contributed by atoms with E-state index in [4.69, 9.17) is 0 Å². The van der Waals surface area contributed by atoms with Gasteiger partial charge in [-0.25, -0.2) is 0 Å². The third-order valence-electron chi connectivity index (χ3n) is 5.74. The second-order valence-electron chi connectivity index (χ2n) is 7.52. The fraction of sp³-hybridized carbons (Fsp3) is 0.867. The highest BCUT2D eigenvalue weighted by Crippen LogP contribution is 2.70. The molecule has 0 radical (unpaired) electrons. The van der Waals surface area contributed by atoms with Crippen LogP contribution in [0.5, 0.6) is 0 Å². The Balaban J connectivity index is 1.96. The molecule has 1 N–H and O–H groups in total. The molecule has 1 heteroatoms. The largest absolute Gasteiger partial charge is 0.389 e. The fourth-order valence-electron chi connectivity index (χ4n) is 4.64. The summed E-state index contributed by atoms with van der Waals surface area (Å²) in [5.41, 5.74) is 2.10. The van der Waals surface area contributed by atoms with E-state index in [-0.39, 0.29) is 6.10 Å². The Morgan fingerprint density at radius 3 is 2.56 bits per heavy atom. The number of aliphatic hydroxyl groups excluding tert-OH is 1. The predicted octanol–water partition coefficient (Wildman–Crippen LogP) is 3.39. The van der Waals surface area contributed by atoms with E-state index in [1.807, 2.05) is 0 Å². The van der Waals surface area contributed by atoms with Crippen molar-refractivity contribution in [3.05, 3.63) is 12.2 Å². The molecule has 16 heavy (non-hydrogen) atoms. The lowest BCUT2D eigenvalue weighted by Gasteiger charge is -2.29. The van der Waals surface area contributed by atoms with Crippen LogP contribution in [0.1, 0.15) is 46.5 Å². The van der Waals surface area contributed by atoms with Crippen molar-refractivity contribution < 1.29 is 5.11 Å². The van der Waals surface area contributed by atoms with Crippen molar-refractivity contribution >= 4 is 0 Å². The Labute approximate surface area is 98.9 Å². The zero-order valence-electron chi connectivity index (χ0n) is 10.8. The van der Waals surface area contributed by atoms with E-state index in [9.17, 15) is 5.11 Å². The monoisotopic (exact) mass is 220 g/mol. The summed E-state index contributed by atoms with van der Waals surface area (Å²) >= 11 is 0. The summed E-state index contributed by atoms with van der Waals surface area (Å²) in [6, 6.07) is 0.